The first-order valence-electron chi connectivity index (χ1n) is 8.56. The summed E-state index contributed by atoms with van der Waals surface area (Å²) >= 11 is 0. The largest absolute Gasteiger partial charge is 0.508 e. The molecule has 1 aliphatic heterocycles. The molecule has 6 heteroatoms. The highest BCUT2D eigenvalue weighted by molar-refractivity contribution is 5.89. The Labute approximate surface area is 149 Å². The van der Waals surface area contributed by atoms with Crippen molar-refractivity contribution < 1.29 is 19.7 Å². The zero-order valence-corrected chi connectivity index (χ0v) is 14.1. The molecular weight excluding hydrogens is 334 g/mol. The molecule has 4 rings (SSSR count). The fraction of sp³-hybridized carbons (Fsp3) is 0.250. The fourth-order valence-electron chi connectivity index (χ4n) is 3.44. The first kappa shape index (κ1) is 16.5. The molecule has 1 fully saturated rings. The van der Waals surface area contributed by atoms with Crippen LogP contribution in [0.15, 0.2) is 45.6 Å². The number of hydrogen-bond donors (Lipinski definition) is 3. The van der Waals surface area contributed by atoms with Gasteiger partial charge in [0, 0.05) is 24.2 Å². The van der Waals surface area contributed by atoms with Gasteiger partial charge in [-0.25, -0.2) is 0 Å². The van der Waals surface area contributed by atoms with Gasteiger partial charge in [-0.3, -0.25) is 9.69 Å². The molecule has 1 saturated heterocycles. The molecule has 1 aromatic heterocycles. The molecule has 0 saturated carbocycles. The molecule has 0 amide bonds. The summed E-state index contributed by atoms with van der Waals surface area (Å²) in [5, 5.41) is 30.0. The molecule has 26 heavy (non-hydrogen) atoms. The van der Waals surface area contributed by atoms with E-state index in [4.69, 9.17) is 4.42 Å². The summed E-state index contributed by atoms with van der Waals surface area (Å²) in [6.07, 6.45) is 2.19. The molecule has 6 nitrogen and oxygen atoms in total. The summed E-state index contributed by atoms with van der Waals surface area (Å²) in [5.74, 6) is 0.0404. The molecule has 0 bridgehead atoms. The number of aromatic hydroxyl groups is 3. The minimum Gasteiger partial charge on any atom is -0.508 e. The zero-order valence-electron chi connectivity index (χ0n) is 14.1. The monoisotopic (exact) mass is 353 g/mol. The highest BCUT2D eigenvalue weighted by atomic mass is 16.3. The second kappa shape index (κ2) is 6.38. The first-order chi connectivity index (χ1) is 12.5. The van der Waals surface area contributed by atoms with E-state index in [9.17, 15) is 20.1 Å². The Morgan fingerprint density at radius 2 is 1.65 bits per heavy atom. The number of rotatable bonds is 3. The van der Waals surface area contributed by atoms with Crippen molar-refractivity contribution >= 4 is 11.0 Å². The zero-order chi connectivity index (χ0) is 18.3. The summed E-state index contributed by atoms with van der Waals surface area (Å²) in [5.41, 5.74) is 0.939. The van der Waals surface area contributed by atoms with Crippen molar-refractivity contribution in [3.63, 3.8) is 0 Å². The molecule has 0 radical (unpaired) electrons. The maximum atomic E-state index is 12.6. The van der Waals surface area contributed by atoms with E-state index in [1.165, 1.54) is 24.3 Å². The van der Waals surface area contributed by atoms with Crippen molar-refractivity contribution in [1.82, 2.24) is 4.90 Å². The van der Waals surface area contributed by atoms with Crippen molar-refractivity contribution in [3.8, 4) is 28.6 Å². The van der Waals surface area contributed by atoms with Gasteiger partial charge in [0.05, 0.1) is 5.56 Å². The third-order valence-electron chi connectivity index (χ3n) is 4.79. The lowest BCUT2D eigenvalue weighted by molar-refractivity contribution is 0.323. The molecule has 0 unspecified atom stereocenters. The Morgan fingerprint density at radius 3 is 2.35 bits per heavy atom. The van der Waals surface area contributed by atoms with E-state index in [2.05, 4.69) is 4.90 Å². The van der Waals surface area contributed by atoms with Crippen LogP contribution in [-0.2, 0) is 6.54 Å². The van der Waals surface area contributed by atoms with Crippen LogP contribution in [0.5, 0.6) is 17.2 Å². The van der Waals surface area contributed by atoms with Crippen LogP contribution in [0.25, 0.3) is 22.3 Å². The van der Waals surface area contributed by atoms with Crippen molar-refractivity contribution in [1.29, 1.82) is 0 Å². The second-order valence-electron chi connectivity index (χ2n) is 6.60. The van der Waals surface area contributed by atoms with Crippen LogP contribution < -0.4 is 5.43 Å². The Bertz CT molecular complexity index is 1020. The summed E-state index contributed by atoms with van der Waals surface area (Å²) in [4.78, 5) is 14.8. The topological polar surface area (TPSA) is 94.1 Å². The van der Waals surface area contributed by atoms with E-state index in [1.807, 2.05) is 0 Å². The summed E-state index contributed by atoms with van der Waals surface area (Å²) in [6.45, 7) is 2.29. The van der Waals surface area contributed by atoms with Crippen molar-refractivity contribution in [2.75, 3.05) is 13.1 Å². The van der Waals surface area contributed by atoms with Crippen LogP contribution in [0.1, 0.15) is 18.4 Å². The number of fused-ring (bicyclic) bond motifs is 1. The maximum absolute atomic E-state index is 12.6. The minimum absolute atomic E-state index is 0.0690. The third-order valence-corrected chi connectivity index (χ3v) is 4.79. The average Bonchev–Trinajstić information content (AvgIpc) is 3.11. The Hall–Kier alpha value is -2.99. The number of nitrogens with zero attached hydrogens (tertiary/aromatic N) is 1. The molecule has 2 aromatic carbocycles. The lowest BCUT2D eigenvalue weighted by Crippen LogP contribution is -2.19. The van der Waals surface area contributed by atoms with Gasteiger partial charge < -0.3 is 19.7 Å². The molecule has 2 heterocycles. The van der Waals surface area contributed by atoms with Gasteiger partial charge in [0.25, 0.3) is 0 Å². The Morgan fingerprint density at radius 1 is 0.962 bits per heavy atom. The molecule has 0 spiro atoms. The number of hydrogen-bond acceptors (Lipinski definition) is 6. The van der Waals surface area contributed by atoms with E-state index in [-0.39, 0.29) is 33.6 Å². The number of benzene rings is 2. The SMILES string of the molecule is O=c1cc(-c2ccc(O)cc2)oc2c(CN3CCCC3)c(O)cc(O)c12. The van der Waals surface area contributed by atoms with Crippen LogP contribution in [-0.4, -0.2) is 33.3 Å². The van der Waals surface area contributed by atoms with Gasteiger partial charge in [0.15, 0.2) is 11.0 Å². The third kappa shape index (κ3) is 2.88. The second-order valence-corrected chi connectivity index (χ2v) is 6.60. The van der Waals surface area contributed by atoms with Crippen molar-refractivity contribution in [2.24, 2.45) is 0 Å². The van der Waals surface area contributed by atoms with Crippen LogP contribution in [0.2, 0.25) is 0 Å². The van der Waals surface area contributed by atoms with Gasteiger partial charge in [0.1, 0.15) is 28.4 Å². The number of likely N-dealkylation sites (tertiary alicyclic amines) is 1. The Balaban J connectivity index is 1.92. The summed E-state index contributed by atoms with van der Waals surface area (Å²) < 4.78 is 5.94. The van der Waals surface area contributed by atoms with E-state index in [0.717, 1.165) is 25.9 Å². The predicted molar refractivity (Wildman–Crippen MR) is 97.4 cm³/mol. The van der Waals surface area contributed by atoms with E-state index in [0.29, 0.717) is 23.4 Å². The predicted octanol–water partition coefficient (Wildman–Crippen LogP) is 3.17. The van der Waals surface area contributed by atoms with Gasteiger partial charge in [-0.2, -0.15) is 0 Å². The molecule has 0 aliphatic carbocycles. The van der Waals surface area contributed by atoms with Gasteiger partial charge in [-0.1, -0.05) is 0 Å². The van der Waals surface area contributed by atoms with Crippen molar-refractivity contribution in [2.45, 2.75) is 19.4 Å². The van der Waals surface area contributed by atoms with Gasteiger partial charge in [-0.15, -0.1) is 0 Å². The van der Waals surface area contributed by atoms with E-state index in [1.54, 1.807) is 12.1 Å². The molecule has 1 aliphatic rings. The van der Waals surface area contributed by atoms with Crippen LogP contribution in [0.4, 0.5) is 0 Å². The van der Waals surface area contributed by atoms with Gasteiger partial charge in [-0.05, 0) is 50.2 Å². The smallest absolute Gasteiger partial charge is 0.197 e. The number of phenols is 3. The van der Waals surface area contributed by atoms with Gasteiger partial charge >= 0.3 is 0 Å². The Kier molecular flexibility index (Phi) is 4.05. The molecule has 3 aromatic rings. The summed E-state index contributed by atoms with van der Waals surface area (Å²) in [6, 6.07) is 8.80. The molecule has 3 N–H and O–H groups in total. The van der Waals surface area contributed by atoms with E-state index >= 15 is 0 Å². The minimum atomic E-state index is -0.380. The highest BCUT2D eigenvalue weighted by Crippen LogP contribution is 2.36. The quantitative estimate of drug-likeness (QED) is 0.670. The lowest BCUT2D eigenvalue weighted by atomic mass is 10.1. The maximum Gasteiger partial charge on any atom is 0.197 e. The molecule has 0 atom stereocenters. The van der Waals surface area contributed by atoms with Crippen molar-refractivity contribution in [3.05, 3.63) is 52.2 Å². The van der Waals surface area contributed by atoms with Gasteiger partial charge in [0.2, 0.25) is 0 Å². The first-order valence-corrected chi connectivity index (χ1v) is 8.56. The molecule has 134 valence electrons. The van der Waals surface area contributed by atoms with Crippen LogP contribution >= 0.6 is 0 Å². The van der Waals surface area contributed by atoms with E-state index < -0.39 is 0 Å². The average molecular weight is 353 g/mol. The highest BCUT2D eigenvalue weighted by Gasteiger charge is 2.21. The normalized spacial score (nSPS) is 14.9. The standard InChI is InChI=1S/C20H19NO5/c22-13-5-3-12(4-6-13)18-10-17(25)19-16(24)9-15(23)14(20(19)26-18)11-21-7-1-2-8-21/h3-6,9-10,22-24H,1-2,7-8,11H2. The fourth-order valence-corrected chi connectivity index (χ4v) is 3.44. The lowest BCUT2D eigenvalue weighted by Gasteiger charge is -2.17. The number of phenolic OH excluding ortho intramolecular Hbond substituents is 3. The molecular formula is C20H19NO5. The van der Waals surface area contributed by atoms with Crippen LogP contribution in [0.3, 0.4) is 0 Å². The van der Waals surface area contributed by atoms with Crippen LogP contribution in [0, 0.1) is 0 Å². The summed E-state index contributed by atoms with van der Waals surface area (Å²) in [7, 11) is 0.